The van der Waals surface area contributed by atoms with Crippen LogP contribution in [0, 0.1) is 0 Å². The van der Waals surface area contributed by atoms with Crippen LogP contribution < -0.4 is 5.32 Å². The number of aryl methyl sites for hydroxylation is 1. The Morgan fingerprint density at radius 2 is 1.56 bits per heavy atom. The van der Waals surface area contributed by atoms with E-state index in [0.29, 0.717) is 0 Å². The molecule has 5 nitrogen and oxygen atoms in total. The maximum absolute atomic E-state index is 4.65. The molecule has 0 bridgehead atoms. The zero-order valence-electron chi connectivity index (χ0n) is 17.5. The number of unbranched alkanes of at least 4 members (excludes halogenated alkanes) is 2. The summed E-state index contributed by atoms with van der Waals surface area (Å²) in [6, 6.07) is 10.4. The van der Waals surface area contributed by atoms with Crippen LogP contribution in [-0.2, 0) is 13.1 Å². The van der Waals surface area contributed by atoms with Crippen molar-refractivity contribution in [3.8, 4) is 11.3 Å². The first-order chi connectivity index (χ1) is 13.3. The van der Waals surface area contributed by atoms with E-state index in [1.165, 1.54) is 51.7 Å². The third-order valence-electron chi connectivity index (χ3n) is 4.83. The van der Waals surface area contributed by atoms with E-state index in [4.69, 9.17) is 0 Å². The molecule has 1 heterocycles. The van der Waals surface area contributed by atoms with Crippen LogP contribution in [0.2, 0.25) is 0 Å². The van der Waals surface area contributed by atoms with Gasteiger partial charge < -0.3 is 10.2 Å². The maximum Gasteiger partial charge on any atom is 0.117 e. The fourth-order valence-corrected chi connectivity index (χ4v) is 3.20. The lowest BCUT2D eigenvalue weighted by Crippen LogP contribution is -2.29. The van der Waals surface area contributed by atoms with Crippen molar-refractivity contribution in [1.82, 2.24) is 25.2 Å². The van der Waals surface area contributed by atoms with E-state index in [0.717, 1.165) is 36.6 Å². The number of nitrogens with zero attached hydrogens (tertiary/aromatic N) is 4. The van der Waals surface area contributed by atoms with Crippen molar-refractivity contribution in [3.05, 3.63) is 36.0 Å². The molecule has 0 unspecified atom stereocenters. The van der Waals surface area contributed by atoms with E-state index < -0.39 is 0 Å². The van der Waals surface area contributed by atoms with Gasteiger partial charge >= 0.3 is 0 Å². The van der Waals surface area contributed by atoms with Crippen LogP contribution >= 0.6 is 0 Å². The van der Waals surface area contributed by atoms with Gasteiger partial charge in [0.15, 0.2) is 0 Å². The van der Waals surface area contributed by atoms with Crippen LogP contribution in [0.25, 0.3) is 11.3 Å². The normalized spacial score (nSPS) is 11.4. The lowest BCUT2D eigenvalue weighted by atomic mass is 10.1. The molecule has 0 saturated carbocycles. The number of hydrogen-bond acceptors (Lipinski definition) is 4. The van der Waals surface area contributed by atoms with Crippen LogP contribution in [0.4, 0.5) is 0 Å². The molecule has 0 radical (unpaired) electrons. The van der Waals surface area contributed by atoms with Crippen molar-refractivity contribution < 1.29 is 0 Å². The van der Waals surface area contributed by atoms with Gasteiger partial charge in [-0.05, 0) is 52.4 Å². The second kappa shape index (κ2) is 12.6. The molecule has 2 aromatic rings. The Balaban J connectivity index is 1.81. The quantitative estimate of drug-likeness (QED) is 0.502. The van der Waals surface area contributed by atoms with E-state index in [9.17, 15) is 0 Å². The van der Waals surface area contributed by atoms with Gasteiger partial charge in [-0.2, -0.15) is 15.0 Å². The van der Waals surface area contributed by atoms with Gasteiger partial charge in [0.2, 0.25) is 0 Å². The zero-order chi connectivity index (χ0) is 19.3. The average molecular weight is 372 g/mol. The molecular formula is C22H37N5. The lowest BCUT2D eigenvalue weighted by Gasteiger charge is -2.21. The predicted molar refractivity (Wildman–Crippen MR) is 114 cm³/mol. The summed E-state index contributed by atoms with van der Waals surface area (Å²) in [6.07, 6.45) is 6.33. The van der Waals surface area contributed by atoms with E-state index >= 15 is 0 Å². The van der Waals surface area contributed by atoms with E-state index in [1.807, 2.05) is 6.07 Å². The third kappa shape index (κ3) is 7.43. The second-order valence-electron chi connectivity index (χ2n) is 7.13. The van der Waals surface area contributed by atoms with E-state index in [-0.39, 0.29) is 0 Å². The molecular weight excluding hydrogens is 334 g/mol. The Bertz CT molecular complexity index is 615. The number of hydrogen-bond donors (Lipinski definition) is 1. The summed E-state index contributed by atoms with van der Waals surface area (Å²) in [6.45, 7) is 12.9. The van der Waals surface area contributed by atoms with Gasteiger partial charge in [0, 0.05) is 12.1 Å². The minimum atomic E-state index is 0.772. The van der Waals surface area contributed by atoms with Crippen LogP contribution in [0.1, 0.15) is 58.6 Å². The van der Waals surface area contributed by atoms with Crippen molar-refractivity contribution in [2.24, 2.45) is 0 Å². The smallest absolute Gasteiger partial charge is 0.117 e. The molecule has 27 heavy (non-hydrogen) atoms. The molecule has 0 amide bonds. The average Bonchev–Trinajstić information content (AvgIpc) is 3.13. The molecule has 0 aliphatic heterocycles. The van der Waals surface area contributed by atoms with Gasteiger partial charge in [-0.25, -0.2) is 0 Å². The van der Waals surface area contributed by atoms with Gasteiger partial charge in [0.05, 0.1) is 6.54 Å². The molecule has 0 fully saturated rings. The summed E-state index contributed by atoms with van der Waals surface area (Å²) >= 11 is 0. The van der Waals surface area contributed by atoms with Crippen molar-refractivity contribution in [3.63, 3.8) is 0 Å². The SMILES string of the molecule is CCCCN(CCCC)CCCNCc1nn(CC)nc1-c1ccccc1. The number of aromatic nitrogens is 3. The highest BCUT2D eigenvalue weighted by Crippen LogP contribution is 2.19. The van der Waals surface area contributed by atoms with Crippen LogP contribution in [0.15, 0.2) is 30.3 Å². The molecule has 5 heteroatoms. The summed E-state index contributed by atoms with van der Waals surface area (Å²) < 4.78 is 0. The predicted octanol–water partition coefficient (Wildman–Crippen LogP) is 4.35. The summed E-state index contributed by atoms with van der Waals surface area (Å²) in [4.78, 5) is 4.41. The number of benzene rings is 1. The van der Waals surface area contributed by atoms with Crippen molar-refractivity contribution in [1.29, 1.82) is 0 Å². The standard InChI is InChI=1S/C22H37N5/c1-4-7-16-26(17-8-5-2)18-12-15-23-19-21-22(25-27(6-3)24-21)20-13-10-9-11-14-20/h9-11,13-14,23H,4-8,12,15-19H2,1-3H3. The van der Waals surface area contributed by atoms with Gasteiger partial charge in [-0.3, -0.25) is 0 Å². The monoisotopic (exact) mass is 371 g/mol. The Hall–Kier alpha value is -1.72. The van der Waals surface area contributed by atoms with Gasteiger partial charge in [-0.1, -0.05) is 57.0 Å². The molecule has 0 saturated heterocycles. The summed E-state index contributed by atoms with van der Waals surface area (Å²) in [7, 11) is 0. The van der Waals surface area contributed by atoms with Gasteiger partial charge in [0.25, 0.3) is 0 Å². The van der Waals surface area contributed by atoms with Gasteiger partial charge in [-0.15, -0.1) is 0 Å². The molecule has 150 valence electrons. The molecule has 0 spiro atoms. The number of nitrogens with one attached hydrogen (secondary N) is 1. The first kappa shape index (κ1) is 21.6. The maximum atomic E-state index is 4.65. The minimum Gasteiger partial charge on any atom is -0.311 e. The number of rotatable bonds is 14. The fourth-order valence-electron chi connectivity index (χ4n) is 3.20. The van der Waals surface area contributed by atoms with Crippen molar-refractivity contribution in [2.75, 3.05) is 26.2 Å². The van der Waals surface area contributed by atoms with Crippen LogP contribution in [-0.4, -0.2) is 46.1 Å². The molecule has 1 aromatic carbocycles. The van der Waals surface area contributed by atoms with E-state index in [2.05, 4.69) is 65.5 Å². The van der Waals surface area contributed by atoms with Crippen LogP contribution in [0.5, 0.6) is 0 Å². The van der Waals surface area contributed by atoms with Crippen molar-refractivity contribution in [2.45, 2.75) is 66.0 Å². The summed E-state index contributed by atoms with van der Waals surface area (Å²) in [5, 5.41) is 12.9. The van der Waals surface area contributed by atoms with Crippen molar-refractivity contribution >= 4 is 0 Å². The molecule has 1 aromatic heterocycles. The molecule has 0 atom stereocenters. The Labute approximate surface area is 165 Å². The summed E-state index contributed by atoms with van der Waals surface area (Å²) in [5.41, 5.74) is 3.17. The topological polar surface area (TPSA) is 46.0 Å². The first-order valence-corrected chi connectivity index (χ1v) is 10.7. The third-order valence-corrected chi connectivity index (χ3v) is 4.83. The molecule has 1 N–H and O–H groups in total. The lowest BCUT2D eigenvalue weighted by molar-refractivity contribution is 0.261. The Morgan fingerprint density at radius 1 is 0.889 bits per heavy atom. The highest BCUT2D eigenvalue weighted by molar-refractivity contribution is 5.60. The first-order valence-electron chi connectivity index (χ1n) is 10.7. The molecule has 0 aliphatic carbocycles. The molecule has 2 rings (SSSR count). The van der Waals surface area contributed by atoms with Crippen LogP contribution in [0.3, 0.4) is 0 Å². The van der Waals surface area contributed by atoms with Gasteiger partial charge in [0.1, 0.15) is 11.4 Å². The van der Waals surface area contributed by atoms with E-state index in [1.54, 1.807) is 4.80 Å². The Morgan fingerprint density at radius 3 is 2.19 bits per heavy atom. The Kier molecular flexibility index (Phi) is 10.1. The second-order valence-corrected chi connectivity index (χ2v) is 7.13. The minimum absolute atomic E-state index is 0.772. The largest absolute Gasteiger partial charge is 0.311 e. The highest BCUT2D eigenvalue weighted by Gasteiger charge is 2.12. The molecule has 0 aliphatic rings. The summed E-state index contributed by atoms with van der Waals surface area (Å²) in [5.74, 6) is 0. The zero-order valence-corrected chi connectivity index (χ0v) is 17.5. The highest BCUT2D eigenvalue weighted by atomic mass is 15.5. The fraction of sp³-hybridized carbons (Fsp3) is 0.636.